The summed E-state index contributed by atoms with van der Waals surface area (Å²) in [6, 6.07) is 9.89. The fourth-order valence-electron chi connectivity index (χ4n) is 2.22. The first kappa shape index (κ1) is 12.6. The van der Waals surface area contributed by atoms with Gasteiger partial charge in [0.2, 0.25) is 5.91 Å². The van der Waals surface area contributed by atoms with Gasteiger partial charge in [-0.25, -0.2) is 0 Å². The molecule has 1 aromatic rings. The molecule has 18 heavy (non-hydrogen) atoms. The molecular formula is C14H17NO3. The number of carboxylic acid groups (broad SMARTS) is 1. The lowest BCUT2D eigenvalue weighted by Gasteiger charge is -2.31. The van der Waals surface area contributed by atoms with E-state index in [1.165, 1.54) is 5.56 Å². The van der Waals surface area contributed by atoms with E-state index < -0.39 is 11.9 Å². The fourth-order valence-corrected chi connectivity index (χ4v) is 2.22. The highest BCUT2D eigenvalue weighted by molar-refractivity contribution is 5.86. The van der Waals surface area contributed by atoms with Crippen LogP contribution < -0.4 is 5.32 Å². The second kappa shape index (κ2) is 5.67. The van der Waals surface area contributed by atoms with Gasteiger partial charge in [0.05, 0.1) is 11.8 Å². The molecule has 0 saturated heterocycles. The summed E-state index contributed by atoms with van der Waals surface area (Å²) in [5, 5.41) is 11.7. The van der Waals surface area contributed by atoms with Crippen molar-refractivity contribution in [2.75, 3.05) is 6.54 Å². The van der Waals surface area contributed by atoms with Gasteiger partial charge in [-0.1, -0.05) is 30.3 Å². The van der Waals surface area contributed by atoms with Crippen molar-refractivity contribution in [2.45, 2.75) is 19.3 Å². The van der Waals surface area contributed by atoms with Crippen LogP contribution >= 0.6 is 0 Å². The van der Waals surface area contributed by atoms with E-state index in [1.54, 1.807) is 0 Å². The first-order valence-electron chi connectivity index (χ1n) is 6.23. The zero-order chi connectivity index (χ0) is 13.0. The molecule has 2 unspecified atom stereocenters. The number of aliphatic carboxylic acids is 1. The molecule has 4 nitrogen and oxygen atoms in total. The molecule has 0 aromatic heterocycles. The minimum Gasteiger partial charge on any atom is -0.481 e. The molecule has 0 radical (unpaired) electrons. The lowest BCUT2D eigenvalue weighted by Crippen LogP contribution is -2.44. The van der Waals surface area contributed by atoms with Crippen LogP contribution in [-0.4, -0.2) is 23.5 Å². The van der Waals surface area contributed by atoms with Gasteiger partial charge in [0, 0.05) is 6.54 Å². The average Bonchev–Trinajstić information content (AvgIpc) is 2.28. The van der Waals surface area contributed by atoms with Gasteiger partial charge in [0.15, 0.2) is 0 Å². The van der Waals surface area contributed by atoms with Crippen molar-refractivity contribution in [2.24, 2.45) is 11.8 Å². The molecule has 2 rings (SSSR count). The maximum absolute atomic E-state index is 11.8. The summed E-state index contributed by atoms with van der Waals surface area (Å²) in [7, 11) is 0. The highest BCUT2D eigenvalue weighted by Gasteiger charge is 2.41. The Morgan fingerprint density at radius 3 is 2.39 bits per heavy atom. The molecule has 96 valence electrons. The van der Waals surface area contributed by atoms with Gasteiger partial charge in [-0.05, 0) is 24.8 Å². The molecule has 0 spiro atoms. The van der Waals surface area contributed by atoms with E-state index in [-0.39, 0.29) is 11.8 Å². The third-order valence-corrected chi connectivity index (χ3v) is 3.48. The predicted molar refractivity (Wildman–Crippen MR) is 67.0 cm³/mol. The highest BCUT2D eigenvalue weighted by atomic mass is 16.4. The molecule has 1 aliphatic carbocycles. The molecule has 0 heterocycles. The third kappa shape index (κ3) is 2.88. The van der Waals surface area contributed by atoms with Crippen molar-refractivity contribution in [3.63, 3.8) is 0 Å². The molecule has 2 atom stereocenters. The van der Waals surface area contributed by atoms with Gasteiger partial charge in [-0.15, -0.1) is 0 Å². The first-order chi connectivity index (χ1) is 8.68. The van der Waals surface area contributed by atoms with Crippen LogP contribution in [0.25, 0.3) is 0 Å². The van der Waals surface area contributed by atoms with E-state index in [0.717, 1.165) is 6.42 Å². The minimum absolute atomic E-state index is 0.121. The summed E-state index contributed by atoms with van der Waals surface area (Å²) < 4.78 is 0. The molecule has 1 saturated carbocycles. The number of hydrogen-bond acceptors (Lipinski definition) is 2. The molecule has 1 aromatic carbocycles. The van der Waals surface area contributed by atoms with Crippen LogP contribution in [0, 0.1) is 11.8 Å². The van der Waals surface area contributed by atoms with E-state index >= 15 is 0 Å². The van der Waals surface area contributed by atoms with Crippen LogP contribution in [0.4, 0.5) is 0 Å². The highest BCUT2D eigenvalue weighted by Crippen LogP contribution is 2.34. The van der Waals surface area contributed by atoms with Crippen LogP contribution in [0.15, 0.2) is 30.3 Å². The number of amides is 1. The minimum atomic E-state index is -0.857. The Labute approximate surface area is 106 Å². The second-order valence-electron chi connectivity index (χ2n) is 4.66. The van der Waals surface area contributed by atoms with Crippen LogP contribution in [0.2, 0.25) is 0 Å². The zero-order valence-electron chi connectivity index (χ0n) is 10.1. The van der Waals surface area contributed by atoms with E-state index in [1.807, 2.05) is 30.3 Å². The second-order valence-corrected chi connectivity index (χ2v) is 4.66. The van der Waals surface area contributed by atoms with Crippen LogP contribution in [-0.2, 0) is 16.0 Å². The summed E-state index contributed by atoms with van der Waals surface area (Å²) in [5.41, 5.74) is 1.17. The summed E-state index contributed by atoms with van der Waals surface area (Å²) in [4.78, 5) is 22.6. The maximum Gasteiger partial charge on any atom is 0.307 e. The van der Waals surface area contributed by atoms with Crippen molar-refractivity contribution in [1.29, 1.82) is 0 Å². The average molecular weight is 247 g/mol. The van der Waals surface area contributed by atoms with Crippen LogP contribution in [0.1, 0.15) is 18.4 Å². The molecule has 4 heteroatoms. The predicted octanol–water partition coefficient (Wildman–Crippen LogP) is 1.46. The number of carboxylic acids is 1. The van der Waals surface area contributed by atoms with Gasteiger partial charge in [0.1, 0.15) is 0 Å². The van der Waals surface area contributed by atoms with Crippen molar-refractivity contribution in [3.8, 4) is 0 Å². The topological polar surface area (TPSA) is 66.4 Å². The largest absolute Gasteiger partial charge is 0.481 e. The van der Waals surface area contributed by atoms with Crippen LogP contribution in [0.5, 0.6) is 0 Å². The number of carbonyl (C=O) groups excluding carboxylic acids is 1. The molecule has 0 bridgehead atoms. The van der Waals surface area contributed by atoms with Crippen molar-refractivity contribution in [3.05, 3.63) is 35.9 Å². The Morgan fingerprint density at radius 1 is 1.17 bits per heavy atom. The lowest BCUT2D eigenvalue weighted by molar-refractivity contribution is -0.152. The summed E-state index contributed by atoms with van der Waals surface area (Å²) in [6.07, 6.45) is 2.08. The Hall–Kier alpha value is -1.84. The van der Waals surface area contributed by atoms with E-state index in [2.05, 4.69) is 5.32 Å². The number of nitrogens with one attached hydrogen (secondary N) is 1. The zero-order valence-corrected chi connectivity index (χ0v) is 10.1. The molecule has 1 aliphatic rings. The van der Waals surface area contributed by atoms with Gasteiger partial charge < -0.3 is 10.4 Å². The standard InChI is InChI=1S/C14H17NO3/c16-13(11-6-7-12(11)14(17)18)15-9-8-10-4-2-1-3-5-10/h1-5,11-12H,6-9H2,(H,15,16)(H,17,18). The normalized spacial score (nSPS) is 22.0. The van der Waals surface area contributed by atoms with Crippen molar-refractivity contribution < 1.29 is 14.7 Å². The number of hydrogen-bond donors (Lipinski definition) is 2. The number of rotatable bonds is 5. The van der Waals surface area contributed by atoms with E-state index in [9.17, 15) is 9.59 Å². The van der Waals surface area contributed by atoms with Crippen molar-refractivity contribution in [1.82, 2.24) is 5.32 Å². The van der Waals surface area contributed by atoms with Gasteiger partial charge >= 0.3 is 5.97 Å². The Balaban J connectivity index is 1.74. The third-order valence-electron chi connectivity index (χ3n) is 3.48. The molecular weight excluding hydrogens is 230 g/mol. The summed E-state index contributed by atoms with van der Waals surface area (Å²) >= 11 is 0. The Morgan fingerprint density at radius 2 is 1.83 bits per heavy atom. The maximum atomic E-state index is 11.8. The quantitative estimate of drug-likeness (QED) is 0.827. The smallest absolute Gasteiger partial charge is 0.307 e. The van der Waals surface area contributed by atoms with Gasteiger partial charge in [-0.3, -0.25) is 9.59 Å². The summed E-state index contributed by atoms with van der Waals surface area (Å²) in [5.74, 6) is -1.80. The van der Waals surface area contributed by atoms with Gasteiger partial charge in [-0.2, -0.15) is 0 Å². The molecule has 1 amide bonds. The van der Waals surface area contributed by atoms with Crippen LogP contribution in [0.3, 0.4) is 0 Å². The van der Waals surface area contributed by atoms with E-state index in [4.69, 9.17) is 5.11 Å². The Bertz CT molecular complexity index is 430. The number of benzene rings is 1. The number of carbonyl (C=O) groups is 2. The molecule has 0 aliphatic heterocycles. The fraction of sp³-hybridized carbons (Fsp3) is 0.429. The van der Waals surface area contributed by atoms with E-state index in [0.29, 0.717) is 19.4 Å². The first-order valence-corrected chi connectivity index (χ1v) is 6.23. The summed E-state index contributed by atoms with van der Waals surface area (Å²) in [6.45, 7) is 0.561. The van der Waals surface area contributed by atoms with Gasteiger partial charge in [0.25, 0.3) is 0 Å². The monoisotopic (exact) mass is 247 g/mol. The Kier molecular flexibility index (Phi) is 3.97. The van der Waals surface area contributed by atoms with Crippen molar-refractivity contribution >= 4 is 11.9 Å². The SMILES string of the molecule is O=C(O)C1CCC1C(=O)NCCc1ccccc1. The molecule has 1 fully saturated rings. The molecule has 2 N–H and O–H groups in total. The lowest BCUT2D eigenvalue weighted by atomic mass is 9.73.